The molecule has 0 aromatic carbocycles. The lowest BCUT2D eigenvalue weighted by molar-refractivity contribution is 0.605. The monoisotopic (exact) mass is 189 g/mol. The minimum Gasteiger partial charge on any atom is -0.356 e. The standard InChI is InChI=1S/C11H15N3/c1-8-10(9-3-4-9)12-7-13-11(8)14-5-2-6-14/h7,9H,2-6H2,1H3. The number of rotatable bonds is 2. The summed E-state index contributed by atoms with van der Waals surface area (Å²) < 4.78 is 0. The third-order valence-electron chi connectivity index (χ3n) is 3.22. The molecule has 3 nitrogen and oxygen atoms in total. The van der Waals surface area contributed by atoms with Crippen LogP contribution in [-0.2, 0) is 0 Å². The molecule has 0 radical (unpaired) electrons. The highest BCUT2D eigenvalue weighted by molar-refractivity contribution is 5.50. The van der Waals surface area contributed by atoms with Crippen molar-refractivity contribution in [3.8, 4) is 0 Å². The number of hydrogen-bond acceptors (Lipinski definition) is 3. The third kappa shape index (κ3) is 1.19. The van der Waals surface area contributed by atoms with Crippen LogP contribution >= 0.6 is 0 Å². The van der Waals surface area contributed by atoms with E-state index in [2.05, 4.69) is 21.8 Å². The largest absolute Gasteiger partial charge is 0.356 e. The molecule has 2 aliphatic rings. The van der Waals surface area contributed by atoms with Gasteiger partial charge in [-0.3, -0.25) is 0 Å². The van der Waals surface area contributed by atoms with Crippen molar-refractivity contribution in [2.45, 2.75) is 32.1 Å². The van der Waals surface area contributed by atoms with Crippen LogP contribution in [0.15, 0.2) is 6.33 Å². The molecule has 1 aromatic rings. The number of anilines is 1. The Labute approximate surface area is 84.2 Å². The molecule has 0 unspecified atom stereocenters. The van der Waals surface area contributed by atoms with Gasteiger partial charge in [-0.05, 0) is 26.2 Å². The van der Waals surface area contributed by atoms with Gasteiger partial charge in [0.05, 0.1) is 5.69 Å². The molecule has 3 heteroatoms. The maximum atomic E-state index is 4.40. The Bertz CT molecular complexity index is 354. The Kier molecular flexibility index (Phi) is 1.72. The molecule has 1 aromatic heterocycles. The van der Waals surface area contributed by atoms with Gasteiger partial charge in [0, 0.05) is 24.6 Å². The molecule has 0 N–H and O–H groups in total. The molecule has 1 aliphatic heterocycles. The summed E-state index contributed by atoms with van der Waals surface area (Å²) in [5, 5.41) is 0. The minimum absolute atomic E-state index is 0.734. The van der Waals surface area contributed by atoms with Crippen LogP contribution in [0.3, 0.4) is 0 Å². The van der Waals surface area contributed by atoms with Crippen molar-refractivity contribution in [2.75, 3.05) is 18.0 Å². The van der Waals surface area contributed by atoms with Crippen molar-refractivity contribution in [3.05, 3.63) is 17.6 Å². The van der Waals surface area contributed by atoms with E-state index in [9.17, 15) is 0 Å². The summed E-state index contributed by atoms with van der Waals surface area (Å²) in [7, 11) is 0. The van der Waals surface area contributed by atoms with Crippen LogP contribution in [0.25, 0.3) is 0 Å². The second kappa shape index (κ2) is 2.94. The molecule has 74 valence electrons. The van der Waals surface area contributed by atoms with Crippen molar-refractivity contribution < 1.29 is 0 Å². The number of hydrogen-bond donors (Lipinski definition) is 0. The normalized spacial score (nSPS) is 20.8. The first-order valence-corrected chi connectivity index (χ1v) is 5.42. The van der Waals surface area contributed by atoms with Gasteiger partial charge in [-0.15, -0.1) is 0 Å². The molecule has 0 amide bonds. The van der Waals surface area contributed by atoms with E-state index in [1.165, 1.54) is 49.4 Å². The van der Waals surface area contributed by atoms with Crippen LogP contribution in [0.2, 0.25) is 0 Å². The Morgan fingerprint density at radius 1 is 1.29 bits per heavy atom. The molecular weight excluding hydrogens is 174 g/mol. The van der Waals surface area contributed by atoms with Crippen LogP contribution in [0.4, 0.5) is 5.82 Å². The Morgan fingerprint density at radius 3 is 2.64 bits per heavy atom. The van der Waals surface area contributed by atoms with E-state index in [0.29, 0.717) is 0 Å². The second-order valence-electron chi connectivity index (χ2n) is 4.32. The Hall–Kier alpha value is -1.12. The molecule has 1 saturated carbocycles. The smallest absolute Gasteiger partial charge is 0.135 e. The van der Waals surface area contributed by atoms with Gasteiger partial charge >= 0.3 is 0 Å². The SMILES string of the molecule is Cc1c(C2CC2)ncnc1N1CCC1. The summed E-state index contributed by atoms with van der Waals surface area (Å²) in [4.78, 5) is 11.1. The average Bonchev–Trinajstić information content (AvgIpc) is 2.88. The third-order valence-corrected chi connectivity index (χ3v) is 3.22. The lowest BCUT2D eigenvalue weighted by Gasteiger charge is -2.33. The molecule has 1 aliphatic carbocycles. The van der Waals surface area contributed by atoms with Crippen molar-refractivity contribution in [2.24, 2.45) is 0 Å². The molecule has 0 spiro atoms. The predicted octanol–water partition coefficient (Wildman–Crippen LogP) is 1.87. The van der Waals surface area contributed by atoms with Gasteiger partial charge in [0.25, 0.3) is 0 Å². The molecule has 0 atom stereocenters. The van der Waals surface area contributed by atoms with Crippen molar-refractivity contribution in [1.82, 2.24) is 9.97 Å². The Balaban J connectivity index is 1.97. The maximum Gasteiger partial charge on any atom is 0.135 e. The second-order valence-corrected chi connectivity index (χ2v) is 4.32. The summed E-state index contributed by atoms with van der Waals surface area (Å²) in [6.45, 7) is 4.51. The van der Waals surface area contributed by atoms with Gasteiger partial charge in [0.1, 0.15) is 12.1 Å². The van der Waals surface area contributed by atoms with E-state index < -0.39 is 0 Å². The van der Waals surface area contributed by atoms with E-state index in [1.807, 2.05) is 0 Å². The lowest BCUT2D eigenvalue weighted by atomic mass is 10.1. The summed E-state index contributed by atoms with van der Waals surface area (Å²) in [6.07, 6.45) is 5.67. The topological polar surface area (TPSA) is 29.0 Å². The van der Waals surface area contributed by atoms with E-state index in [-0.39, 0.29) is 0 Å². The quantitative estimate of drug-likeness (QED) is 0.711. The van der Waals surface area contributed by atoms with Crippen LogP contribution in [0.1, 0.15) is 36.4 Å². The highest BCUT2D eigenvalue weighted by atomic mass is 15.2. The van der Waals surface area contributed by atoms with Crippen LogP contribution in [-0.4, -0.2) is 23.1 Å². The van der Waals surface area contributed by atoms with Gasteiger partial charge in [0.15, 0.2) is 0 Å². The number of aromatic nitrogens is 2. The molecular formula is C11H15N3. The van der Waals surface area contributed by atoms with Crippen molar-refractivity contribution in [1.29, 1.82) is 0 Å². The zero-order valence-corrected chi connectivity index (χ0v) is 8.53. The first-order chi connectivity index (χ1) is 6.86. The molecule has 2 heterocycles. The first-order valence-electron chi connectivity index (χ1n) is 5.42. The van der Waals surface area contributed by atoms with E-state index in [4.69, 9.17) is 0 Å². The molecule has 1 saturated heterocycles. The van der Waals surface area contributed by atoms with Gasteiger partial charge in [-0.2, -0.15) is 0 Å². The van der Waals surface area contributed by atoms with E-state index in [0.717, 1.165) is 5.92 Å². The van der Waals surface area contributed by atoms with Crippen molar-refractivity contribution >= 4 is 5.82 Å². The average molecular weight is 189 g/mol. The van der Waals surface area contributed by atoms with Crippen LogP contribution in [0.5, 0.6) is 0 Å². The molecule has 3 rings (SSSR count). The zero-order valence-electron chi connectivity index (χ0n) is 8.53. The highest BCUT2D eigenvalue weighted by Gasteiger charge is 2.29. The van der Waals surface area contributed by atoms with E-state index in [1.54, 1.807) is 6.33 Å². The van der Waals surface area contributed by atoms with Crippen LogP contribution < -0.4 is 4.90 Å². The highest BCUT2D eigenvalue weighted by Crippen LogP contribution is 2.41. The van der Waals surface area contributed by atoms with Gasteiger partial charge in [-0.25, -0.2) is 9.97 Å². The summed E-state index contributed by atoms with van der Waals surface area (Å²) >= 11 is 0. The van der Waals surface area contributed by atoms with Crippen LogP contribution in [0, 0.1) is 6.92 Å². The van der Waals surface area contributed by atoms with Gasteiger partial charge in [-0.1, -0.05) is 0 Å². The van der Waals surface area contributed by atoms with E-state index >= 15 is 0 Å². The fourth-order valence-electron chi connectivity index (χ4n) is 2.07. The lowest BCUT2D eigenvalue weighted by Crippen LogP contribution is -2.38. The fourth-order valence-corrected chi connectivity index (χ4v) is 2.07. The van der Waals surface area contributed by atoms with Gasteiger partial charge < -0.3 is 4.90 Å². The predicted molar refractivity (Wildman–Crippen MR) is 55.6 cm³/mol. The fraction of sp³-hybridized carbons (Fsp3) is 0.636. The van der Waals surface area contributed by atoms with Gasteiger partial charge in [0.2, 0.25) is 0 Å². The maximum absolute atomic E-state index is 4.40. The molecule has 2 fully saturated rings. The summed E-state index contributed by atoms with van der Waals surface area (Å²) in [5.41, 5.74) is 2.61. The first kappa shape index (κ1) is 8.21. The number of nitrogens with zero attached hydrogens (tertiary/aromatic N) is 3. The van der Waals surface area contributed by atoms with Crippen molar-refractivity contribution in [3.63, 3.8) is 0 Å². The summed E-state index contributed by atoms with van der Waals surface area (Å²) in [6, 6.07) is 0. The minimum atomic E-state index is 0.734. The molecule has 14 heavy (non-hydrogen) atoms. The molecule has 0 bridgehead atoms. The Morgan fingerprint density at radius 2 is 2.07 bits per heavy atom. The zero-order chi connectivity index (χ0) is 9.54. The summed E-state index contributed by atoms with van der Waals surface area (Å²) in [5.74, 6) is 1.91.